The van der Waals surface area contributed by atoms with Crippen molar-refractivity contribution in [2.24, 2.45) is 5.92 Å². The van der Waals surface area contributed by atoms with Crippen molar-refractivity contribution >= 4 is 111 Å². The second-order valence-electron chi connectivity index (χ2n) is 26.9. The van der Waals surface area contributed by atoms with E-state index in [9.17, 15) is 0 Å². The van der Waals surface area contributed by atoms with Gasteiger partial charge in [-0.15, -0.1) is 0 Å². The van der Waals surface area contributed by atoms with E-state index in [1.54, 1.807) is 0 Å². The monoisotopic (exact) mass is 1150 g/mol. The number of fused-ring (bicyclic) bond motifs is 26. The number of aromatic nitrogens is 2. The predicted molar refractivity (Wildman–Crippen MR) is 362 cm³/mol. The minimum Gasteiger partial charge on any atom is -0.456 e. The molecule has 0 aliphatic heterocycles. The van der Waals surface area contributed by atoms with Gasteiger partial charge in [-0.25, -0.2) is 9.97 Å². The maximum atomic E-state index is 7.53. The molecule has 6 aromatic heterocycles. The summed E-state index contributed by atoms with van der Waals surface area (Å²) >= 11 is 0. The summed E-state index contributed by atoms with van der Waals surface area (Å²) in [4.78, 5) is 15.3. The summed E-state index contributed by atoms with van der Waals surface area (Å²) in [5.41, 5.74) is 21.2. The zero-order valence-corrected chi connectivity index (χ0v) is 50.9. The van der Waals surface area contributed by atoms with E-state index in [2.05, 4.69) is 271 Å². The van der Waals surface area contributed by atoms with Crippen LogP contribution >= 0.6 is 0 Å². The molecule has 0 fully saturated rings. The molecule has 89 heavy (non-hydrogen) atoms. The van der Waals surface area contributed by atoms with Crippen LogP contribution in [0.15, 0.2) is 236 Å². The first-order chi connectivity index (χ1) is 43.2. The quantitative estimate of drug-likeness (QED) is 0.163. The van der Waals surface area contributed by atoms with Crippen molar-refractivity contribution in [3.8, 4) is 11.1 Å². The Hall–Kier alpha value is -10.4. The van der Waals surface area contributed by atoms with Gasteiger partial charge in [-0.05, 0) is 159 Å². The SMILES string of the molecule is Cc1ccc(N(C2=CC3C(c4c2oc2ccccc42)c2c(cc(N(c4ccc(C(C)(C)C)cc4)c4ccc(C)cn4)c4oc5ccccc5c24)C32c3ccc4oc5ccccc5c4c3-c3c2ccc2oc4ccccc4c32)c2ccc(C(C)(C)C)cc2)nc1. The van der Waals surface area contributed by atoms with E-state index < -0.39 is 5.41 Å². The van der Waals surface area contributed by atoms with Gasteiger partial charge in [0.2, 0.25) is 0 Å². The lowest BCUT2D eigenvalue weighted by atomic mass is 9.63. The minimum absolute atomic E-state index is 0.0696. The molecule has 6 heterocycles. The number of hydrogen-bond donors (Lipinski definition) is 0. The molecular formula is C81H62N4O4. The van der Waals surface area contributed by atoms with E-state index in [1.807, 2.05) is 12.4 Å². The van der Waals surface area contributed by atoms with Crippen LogP contribution < -0.4 is 9.80 Å². The van der Waals surface area contributed by atoms with Crippen LogP contribution in [0.2, 0.25) is 0 Å². The molecule has 8 nitrogen and oxygen atoms in total. The fraction of sp³-hybridized carbons (Fsp3) is 0.160. The van der Waals surface area contributed by atoms with Crippen molar-refractivity contribution < 1.29 is 17.7 Å². The third-order valence-corrected chi connectivity index (χ3v) is 19.7. The summed E-state index contributed by atoms with van der Waals surface area (Å²) in [7, 11) is 0. The van der Waals surface area contributed by atoms with Crippen molar-refractivity contribution in [2.45, 2.75) is 77.6 Å². The molecule has 9 aromatic carbocycles. The van der Waals surface area contributed by atoms with Crippen LogP contribution in [0.1, 0.15) is 103 Å². The van der Waals surface area contributed by atoms with E-state index in [-0.39, 0.29) is 22.7 Å². The number of aryl methyl sites for hydroxylation is 2. The molecule has 430 valence electrons. The van der Waals surface area contributed by atoms with Gasteiger partial charge >= 0.3 is 0 Å². The third kappa shape index (κ3) is 7.23. The fourth-order valence-electron chi connectivity index (χ4n) is 15.7. The Kier molecular flexibility index (Phi) is 10.6. The van der Waals surface area contributed by atoms with Gasteiger partial charge in [0.05, 0.1) is 16.8 Å². The summed E-state index contributed by atoms with van der Waals surface area (Å²) in [6.45, 7) is 17.8. The number of anilines is 5. The second kappa shape index (κ2) is 18.3. The predicted octanol–water partition coefficient (Wildman–Crippen LogP) is 21.9. The van der Waals surface area contributed by atoms with Gasteiger partial charge in [0, 0.05) is 78.9 Å². The molecule has 0 bridgehead atoms. The molecule has 2 atom stereocenters. The van der Waals surface area contributed by atoms with Crippen LogP contribution in [-0.4, -0.2) is 9.97 Å². The highest BCUT2D eigenvalue weighted by molar-refractivity contribution is 6.24. The lowest BCUT2D eigenvalue weighted by Gasteiger charge is -2.39. The molecule has 1 spiro atoms. The third-order valence-electron chi connectivity index (χ3n) is 19.7. The molecule has 0 N–H and O–H groups in total. The lowest BCUT2D eigenvalue weighted by Crippen LogP contribution is -2.35. The highest BCUT2D eigenvalue weighted by atomic mass is 16.3. The van der Waals surface area contributed by atoms with Crippen LogP contribution in [0, 0.1) is 19.8 Å². The molecular weight excluding hydrogens is 1090 g/mol. The first-order valence-electron chi connectivity index (χ1n) is 31.0. The van der Waals surface area contributed by atoms with Gasteiger partial charge in [0.25, 0.3) is 0 Å². The molecule has 3 aliphatic rings. The van der Waals surface area contributed by atoms with E-state index in [4.69, 9.17) is 27.6 Å². The number of allylic oxidation sites excluding steroid dienone is 1. The maximum absolute atomic E-state index is 7.53. The molecule has 2 unspecified atom stereocenters. The molecule has 0 radical (unpaired) electrons. The van der Waals surface area contributed by atoms with Crippen molar-refractivity contribution in [2.75, 3.05) is 9.80 Å². The van der Waals surface area contributed by atoms with E-state index >= 15 is 0 Å². The summed E-state index contributed by atoms with van der Waals surface area (Å²) < 4.78 is 29.0. The Morgan fingerprint density at radius 2 is 0.876 bits per heavy atom. The molecule has 3 aliphatic carbocycles. The van der Waals surface area contributed by atoms with Gasteiger partial charge in [-0.1, -0.05) is 169 Å². The summed E-state index contributed by atoms with van der Waals surface area (Å²) in [5, 5.41) is 7.45. The van der Waals surface area contributed by atoms with Crippen LogP contribution in [0.25, 0.3) is 93.6 Å². The van der Waals surface area contributed by atoms with Crippen LogP contribution in [0.5, 0.6) is 0 Å². The van der Waals surface area contributed by atoms with E-state index in [0.717, 1.165) is 145 Å². The largest absolute Gasteiger partial charge is 0.456 e. The van der Waals surface area contributed by atoms with Gasteiger partial charge in [0.15, 0.2) is 11.3 Å². The van der Waals surface area contributed by atoms with Crippen LogP contribution in [0.4, 0.5) is 28.7 Å². The normalized spacial score (nSPS) is 15.8. The van der Waals surface area contributed by atoms with E-state index in [0.29, 0.717) is 0 Å². The highest BCUT2D eigenvalue weighted by Crippen LogP contribution is 2.72. The van der Waals surface area contributed by atoms with Crippen LogP contribution in [0.3, 0.4) is 0 Å². The minimum atomic E-state index is -0.933. The van der Waals surface area contributed by atoms with Gasteiger partial charge in [0.1, 0.15) is 45.1 Å². The van der Waals surface area contributed by atoms with Gasteiger partial charge < -0.3 is 17.7 Å². The van der Waals surface area contributed by atoms with Gasteiger partial charge in [-0.3, -0.25) is 9.80 Å². The maximum Gasteiger partial charge on any atom is 0.159 e. The lowest BCUT2D eigenvalue weighted by molar-refractivity contribution is 0.450. The Morgan fingerprint density at radius 3 is 1.38 bits per heavy atom. The topological polar surface area (TPSA) is 84.8 Å². The van der Waals surface area contributed by atoms with E-state index in [1.165, 1.54) is 33.4 Å². The zero-order chi connectivity index (χ0) is 60.0. The molecule has 18 rings (SSSR count). The average molecular weight is 1160 g/mol. The second-order valence-corrected chi connectivity index (χ2v) is 26.9. The first kappa shape index (κ1) is 51.8. The Morgan fingerprint density at radius 1 is 0.416 bits per heavy atom. The highest BCUT2D eigenvalue weighted by Gasteiger charge is 2.62. The number of pyridine rings is 2. The molecule has 15 aromatic rings. The Labute approximate surface area is 515 Å². The number of benzene rings is 9. The number of nitrogens with zero attached hydrogens (tertiary/aromatic N) is 4. The number of para-hydroxylation sites is 4. The van der Waals surface area contributed by atoms with Crippen molar-refractivity contribution in [1.82, 2.24) is 9.97 Å². The molecule has 0 amide bonds. The fourth-order valence-corrected chi connectivity index (χ4v) is 15.7. The van der Waals surface area contributed by atoms with Crippen molar-refractivity contribution in [3.05, 3.63) is 274 Å². The average Bonchev–Trinajstić information content (AvgIpc) is 1.48. The zero-order valence-electron chi connectivity index (χ0n) is 50.9. The van der Waals surface area contributed by atoms with Crippen molar-refractivity contribution in [1.29, 1.82) is 0 Å². The Balaban J connectivity index is 1.06. The smallest absolute Gasteiger partial charge is 0.159 e. The summed E-state index contributed by atoms with van der Waals surface area (Å²) in [6, 6.07) is 72.8. The number of rotatable bonds is 6. The van der Waals surface area contributed by atoms with Crippen LogP contribution in [-0.2, 0) is 16.2 Å². The molecule has 8 heteroatoms. The summed E-state index contributed by atoms with van der Waals surface area (Å²) in [6.07, 6.45) is 6.52. The molecule has 0 saturated carbocycles. The van der Waals surface area contributed by atoms with Crippen molar-refractivity contribution in [3.63, 3.8) is 0 Å². The van der Waals surface area contributed by atoms with Gasteiger partial charge in [-0.2, -0.15) is 0 Å². The molecule has 0 saturated heterocycles. The first-order valence-corrected chi connectivity index (χ1v) is 31.0. The summed E-state index contributed by atoms with van der Waals surface area (Å²) in [5.74, 6) is 1.75. The Bertz CT molecular complexity index is 5370. The number of furan rings is 4. The standard InChI is InChI=1S/C81H62N4O4/c1-45-25-39-67(82-43-45)84(49-31-27-47(28-32-49)79(3,4)5)59-41-57-75(71-53-19-11-15-23-63(53)88-77(59)71)76-58(42-60(78-72(76)54-20-12-16-24-64(54)89-78)85(68-40-26-46(2)44-83-68)50-33-29-48(30-34-50)80(6,7)8)81(57)55-35-37-65-69(51-17-9-13-21-61(51)86-65)73(55)74-56(81)36-38-66-70(74)52-18-10-14-22-62(52)87-66/h9-44,57,75H,1-8H3. The number of hydrogen-bond acceptors (Lipinski definition) is 8.